The molecule has 0 bridgehead atoms. The maximum absolute atomic E-state index is 12.1. The van der Waals surface area contributed by atoms with Gasteiger partial charge in [-0.05, 0) is 32.0 Å². The topological polar surface area (TPSA) is 75.3 Å². The van der Waals surface area contributed by atoms with Gasteiger partial charge in [0.2, 0.25) is 0 Å². The third kappa shape index (κ3) is 5.00. The summed E-state index contributed by atoms with van der Waals surface area (Å²) < 4.78 is 26.3. The third-order valence-electron chi connectivity index (χ3n) is 3.26. The van der Waals surface area contributed by atoms with E-state index in [1.165, 1.54) is 24.3 Å². The normalized spacial score (nSPS) is 14.0. The van der Waals surface area contributed by atoms with Crippen molar-refractivity contribution < 1.29 is 13.2 Å². The van der Waals surface area contributed by atoms with Crippen LogP contribution >= 0.6 is 0 Å². The van der Waals surface area contributed by atoms with Gasteiger partial charge >= 0.3 is 0 Å². The minimum atomic E-state index is -3.90. The summed E-state index contributed by atoms with van der Waals surface area (Å²) >= 11 is 0. The smallest absolute Gasteiger partial charge is 0.264 e. The number of likely N-dealkylation sites (N-methyl/N-ethyl adjacent to an activating group) is 1. The first-order valence-corrected chi connectivity index (χ1v) is 8.44. The van der Waals surface area contributed by atoms with Gasteiger partial charge in [0.1, 0.15) is 7.85 Å². The van der Waals surface area contributed by atoms with E-state index in [1.807, 2.05) is 13.8 Å². The molecule has 0 spiro atoms. The van der Waals surface area contributed by atoms with Crippen LogP contribution in [-0.4, -0.2) is 35.3 Å². The van der Waals surface area contributed by atoms with Gasteiger partial charge in [-0.15, -0.1) is 0 Å². The average Bonchev–Trinajstić information content (AvgIpc) is 2.43. The zero-order valence-electron chi connectivity index (χ0n) is 13.3. The van der Waals surface area contributed by atoms with Crippen LogP contribution in [0.1, 0.15) is 20.8 Å². The Labute approximate surface area is 133 Å². The second kappa shape index (κ2) is 7.60. The number of benzene rings is 1. The fourth-order valence-electron chi connectivity index (χ4n) is 1.86. The quantitative estimate of drug-likeness (QED) is 0.590. The first kappa shape index (κ1) is 18.5. The summed E-state index contributed by atoms with van der Waals surface area (Å²) in [6.45, 7) is 5.60. The van der Waals surface area contributed by atoms with Gasteiger partial charge in [-0.2, -0.15) is 0 Å². The van der Waals surface area contributed by atoms with Crippen LogP contribution in [0.15, 0.2) is 40.8 Å². The molecule has 0 saturated carbocycles. The second-order valence-electron chi connectivity index (χ2n) is 5.41. The summed E-state index contributed by atoms with van der Waals surface area (Å²) in [5.41, 5.74) is 0.794. The fourth-order valence-corrected chi connectivity index (χ4v) is 2.88. The lowest BCUT2D eigenvalue weighted by Crippen LogP contribution is -2.34. The van der Waals surface area contributed by atoms with Crippen LogP contribution in [0.25, 0.3) is 0 Å². The fraction of sp³-hybridized carbons (Fsp3) is 0.400. The van der Waals surface area contributed by atoms with E-state index in [4.69, 9.17) is 7.85 Å². The zero-order valence-corrected chi connectivity index (χ0v) is 14.1. The molecular weight excluding hydrogens is 299 g/mol. The van der Waals surface area contributed by atoms with E-state index in [1.54, 1.807) is 20.0 Å². The molecule has 0 fully saturated rings. The van der Waals surface area contributed by atoms with Crippen LogP contribution in [0.2, 0.25) is 0 Å². The molecule has 1 aromatic rings. The van der Waals surface area contributed by atoms with Gasteiger partial charge < -0.3 is 5.32 Å². The van der Waals surface area contributed by atoms with Crippen LogP contribution in [0, 0.1) is 5.92 Å². The molecule has 1 amide bonds. The Morgan fingerprint density at radius 3 is 2.23 bits per heavy atom. The Hall–Kier alpha value is -1.60. The molecule has 0 heterocycles. The van der Waals surface area contributed by atoms with Crippen molar-refractivity contribution in [2.75, 3.05) is 7.05 Å². The predicted molar refractivity (Wildman–Crippen MR) is 88.6 cm³/mol. The van der Waals surface area contributed by atoms with Gasteiger partial charge in [0.25, 0.3) is 15.9 Å². The number of hydrogen-bond acceptors (Lipinski definition) is 4. The molecule has 2 radical (unpaired) electrons. The molecule has 5 nitrogen and oxygen atoms in total. The van der Waals surface area contributed by atoms with Gasteiger partial charge in [0.05, 0.1) is 4.90 Å². The summed E-state index contributed by atoms with van der Waals surface area (Å²) in [7, 11) is 3.41. The number of nitrogens with one attached hydrogen (secondary N) is 2. The van der Waals surface area contributed by atoms with Gasteiger partial charge in [-0.1, -0.05) is 37.5 Å². The third-order valence-corrected chi connectivity index (χ3v) is 4.60. The molecule has 0 saturated heterocycles. The molecule has 0 aliphatic heterocycles. The number of carbonyl (C=O) groups excluding carboxylic acids is 1. The van der Waals surface area contributed by atoms with Crippen LogP contribution < -0.4 is 15.5 Å². The lowest BCUT2D eigenvalue weighted by Gasteiger charge is -2.17. The molecule has 118 valence electrons. The Bertz CT molecular complexity index is 652. The van der Waals surface area contributed by atoms with Gasteiger partial charge in [-0.25, -0.2) is 13.1 Å². The molecule has 22 heavy (non-hydrogen) atoms. The molecule has 0 aromatic heterocycles. The van der Waals surface area contributed by atoms with Crippen molar-refractivity contribution in [1.29, 1.82) is 0 Å². The van der Waals surface area contributed by atoms with Crippen molar-refractivity contribution >= 4 is 29.2 Å². The van der Waals surface area contributed by atoms with Gasteiger partial charge in [0, 0.05) is 11.6 Å². The van der Waals surface area contributed by atoms with E-state index in [0.29, 0.717) is 11.0 Å². The van der Waals surface area contributed by atoms with Crippen molar-refractivity contribution in [2.24, 2.45) is 5.92 Å². The highest BCUT2D eigenvalue weighted by molar-refractivity contribution is 7.90. The number of amides is 1. The van der Waals surface area contributed by atoms with E-state index in [0.717, 1.165) is 0 Å². The second-order valence-corrected chi connectivity index (χ2v) is 7.09. The average molecular weight is 320 g/mol. The van der Waals surface area contributed by atoms with Gasteiger partial charge in [-0.3, -0.25) is 4.79 Å². The number of rotatable bonds is 6. The highest BCUT2D eigenvalue weighted by Crippen LogP contribution is 2.09. The highest BCUT2D eigenvalue weighted by atomic mass is 32.2. The van der Waals surface area contributed by atoms with Crippen molar-refractivity contribution in [3.05, 3.63) is 35.9 Å². The first-order valence-electron chi connectivity index (χ1n) is 6.95. The predicted octanol–water partition coefficient (Wildman–Crippen LogP) is 0.476. The van der Waals surface area contributed by atoms with Gasteiger partial charge in [0.15, 0.2) is 0 Å². The molecule has 2 N–H and O–H groups in total. The molecule has 1 aromatic carbocycles. The first-order chi connectivity index (χ1) is 10.2. The summed E-state index contributed by atoms with van der Waals surface area (Å²) in [5, 5.41) is 3.07. The van der Waals surface area contributed by atoms with Crippen molar-refractivity contribution in [3.63, 3.8) is 0 Å². The number of carbonyl (C=O) groups is 1. The monoisotopic (exact) mass is 320 g/mol. The summed E-state index contributed by atoms with van der Waals surface area (Å²) in [5.74, 6) is -0.362. The Morgan fingerprint density at radius 2 is 1.77 bits per heavy atom. The molecular formula is C15H21BN2O3S. The summed E-state index contributed by atoms with van der Waals surface area (Å²) in [4.78, 5) is 12.1. The largest absolute Gasteiger partial charge is 0.313 e. The highest BCUT2D eigenvalue weighted by Gasteiger charge is 2.19. The van der Waals surface area contributed by atoms with E-state index < -0.39 is 15.9 Å². The lowest BCUT2D eigenvalue weighted by molar-refractivity contribution is -0.115. The van der Waals surface area contributed by atoms with Crippen LogP contribution in [0.5, 0.6) is 0 Å². The number of sulfonamides is 1. The minimum absolute atomic E-state index is 0.00289. The van der Waals surface area contributed by atoms with E-state index in [9.17, 15) is 13.2 Å². The van der Waals surface area contributed by atoms with E-state index in [-0.39, 0.29) is 16.9 Å². The SMILES string of the molecule is [B]c1ccc(S(=O)(=O)NC(=O)/C(C)=C/[C@@H](NC)C(C)C)cc1. The maximum Gasteiger partial charge on any atom is 0.264 e. The molecule has 0 aliphatic carbocycles. The summed E-state index contributed by atoms with van der Waals surface area (Å²) in [6.07, 6.45) is 1.72. The molecule has 1 rings (SSSR count). The van der Waals surface area contributed by atoms with Crippen LogP contribution in [0.4, 0.5) is 0 Å². The lowest BCUT2D eigenvalue weighted by atomic mass is 9.97. The van der Waals surface area contributed by atoms with Crippen molar-refractivity contribution in [2.45, 2.75) is 31.7 Å². The number of hydrogen-bond donors (Lipinski definition) is 2. The van der Waals surface area contributed by atoms with Crippen LogP contribution in [0.3, 0.4) is 0 Å². The minimum Gasteiger partial charge on any atom is -0.313 e. The molecule has 0 aliphatic rings. The van der Waals surface area contributed by atoms with E-state index in [2.05, 4.69) is 10.0 Å². The standard InChI is InChI=1S/C15H21BN2O3S/c1-10(2)14(17-4)9-11(3)15(19)18-22(20,21)13-7-5-12(16)6-8-13/h5-10,14,17H,1-4H3,(H,18,19)/b11-9+/t14-/m1/s1. The molecule has 7 heteroatoms. The van der Waals surface area contributed by atoms with Crippen molar-refractivity contribution in [1.82, 2.24) is 10.0 Å². The molecule has 1 atom stereocenters. The Balaban J connectivity index is 2.91. The van der Waals surface area contributed by atoms with Crippen molar-refractivity contribution in [3.8, 4) is 0 Å². The zero-order chi connectivity index (χ0) is 16.9. The Kier molecular flexibility index (Phi) is 6.38. The molecule has 0 unspecified atom stereocenters. The Morgan fingerprint density at radius 1 is 1.23 bits per heavy atom. The van der Waals surface area contributed by atoms with Crippen LogP contribution in [-0.2, 0) is 14.8 Å². The summed E-state index contributed by atoms with van der Waals surface area (Å²) in [6, 6.07) is 5.64. The van der Waals surface area contributed by atoms with E-state index >= 15 is 0 Å². The maximum atomic E-state index is 12.1.